The van der Waals surface area contributed by atoms with Gasteiger partial charge in [-0.2, -0.15) is 0 Å². The Labute approximate surface area is 98.6 Å². The van der Waals surface area contributed by atoms with Crippen LogP contribution in [0.4, 0.5) is 0 Å². The minimum absolute atomic E-state index is 0.125. The highest BCUT2D eigenvalue weighted by Crippen LogP contribution is 2.29. The number of nitrogens with zero attached hydrogens (tertiary/aromatic N) is 3. The van der Waals surface area contributed by atoms with Crippen molar-refractivity contribution in [3.8, 4) is 11.5 Å². The van der Waals surface area contributed by atoms with Crippen molar-refractivity contribution in [3.05, 3.63) is 35.7 Å². The molecule has 0 bridgehead atoms. The number of aromatic hydroxyl groups is 1. The van der Waals surface area contributed by atoms with Gasteiger partial charge in [0.15, 0.2) is 11.5 Å². The third kappa shape index (κ3) is 2.36. The van der Waals surface area contributed by atoms with Gasteiger partial charge in [0, 0.05) is 12.1 Å². The van der Waals surface area contributed by atoms with Gasteiger partial charge in [0.2, 0.25) is 0 Å². The molecule has 0 amide bonds. The van der Waals surface area contributed by atoms with Crippen molar-refractivity contribution in [3.63, 3.8) is 0 Å². The molecule has 0 unspecified atom stereocenters. The first kappa shape index (κ1) is 11.4. The van der Waals surface area contributed by atoms with Crippen molar-refractivity contribution >= 4 is 0 Å². The largest absolute Gasteiger partial charge is 0.504 e. The lowest BCUT2D eigenvalue weighted by Crippen LogP contribution is -2.01. The van der Waals surface area contributed by atoms with Crippen molar-refractivity contribution in [2.24, 2.45) is 5.73 Å². The third-order valence-electron chi connectivity index (χ3n) is 2.43. The van der Waals surface area contributed by atoms with Crippen LogP contribution in [-0.4, -0.2) is 27.2 Å². The number of para-hydroxylation sites is 1. The summed E-state index contributed by atoms with van der Waals surface area (Å²) in [6.45, 7) is 0.778. The van der Waals surface area contributed by atoms with E-state index in [0.29, 0.717) is 24.5 Å². The van der Waals surface area contributed by atoms with Gasteiger partial charge in [-0.05, 0) is 6.07 Å². The summed E-state index contributed by atoms with van der Waals surface area (Å²) in [6, 6.07) is 5.32. The number of nitrogens with two attached hydrogens (primary N) is 1. The number of benzene rings is 1. The molecule has 0 fully saturated rings. The molecule has 0 aliphatic heterocycles. The van der Waals surface area contributed by atoms with Crippen LogP contribution in [0.2, 0.25) is 0 Å². The Kier molecular flexibility index (Phi) is 3.24. The van der Waals surface area contributed by atoms with E-state index in [0.717, 1.165) is 5.56 Å². The summed E-state index contributed by atoms with van der Waals surface area (Å²) in [7, 11) is 1.51. The lowest BCUT2D eigenvalue weighted by molar-refractivity contribution is 0.369. The van der Waals surface area contributed by atoms with Crippen LogP contribution in [0.25, 0.3) is 0 Å². The van der Waals surface area contributed by atoms with E-state index in [1.807, 2.05) is 12.1 Å². The summed E-state index contributed by atoms with van der Waals surface area (Å²) in [5.41, 5.74) is 6.88. The maximum atomic E-state index is 9.90. The van der Waals surface area contributed by atoms with Gasteiger partial charge in [-0.3, -0.25) is 0 Å². The van der Waals surface area contributed by atoms with Gasteiger partial charge in [0.1, 0.15) is 0 Å². The molecule has 0 aliphatic rings. The second-order valence-corrected chi connectivity index (χ2v) is 3.58. The normalized spacial score (nSPS) is 10.5. The molecule has 2 aromatic rings. The molecule has 0 radical (unpaired) electrons. The molecule has 1 aromatic heterocycles. The van der Waals surface area contributed by atoms with Crippen LogP contribution < -0.4 is 10.5 Å². The summed E-state index contributed by atoms with van der Waals surface area (Å²) in [4.78, 5) is 0. The molecule has 90 valence electrons. The summed E-state index contributed by atoms with van der Waals surface area (Å²) in [6.07, 6.45) is 1.75. The second-order valence-electron chi connectivity index (χ2n) is 3.58. The van der Waals surface area contributed by atoms with E-state index >= 15 is 0 Å². The Hall–Kier alpha value is -2.08. The van der Waals surface area contributed by atoms with E-state index in [9.17, 15) is 5.11 Å². The fourth-order valence-corrected chi connectivity index (χ4v) is 1.54. The molecule has 1 aromatic carbocycles. The quantitative estimate of drug-likeness (QED) is 0.804. The molecule has 0 aliphatic carbocycles. The minimum atomic E-state index is 0.125. The Balaban J connectivity index is 2.23. The smallest absolute Gasteiger partial charge is 0.162 e. The Bertz CT molecular complexity index is 510. The minimum Gasteiger partial charge on any atom is -0.504 e. The standard InChI is InChI=1S/C11H14N4O2/c1-17-10-4-2-3-8(11(10)16)6-15-7-9(5-12)13-14-15/h2-4,7,16H,5-6,12H2,1H3. The highest BCUT2D eigenvalue weighted by molar-refractivity contribution is 5.45. The van der Waals surface area contributed by atoms with E-state index in [-0.39, 0.29) is 5.75 Å². The van der Waals surface area contributed by atoms with E-state index in [1.54, 1.807) is 16.9 Å². The first-order valence-electron chi connectivity index (χ1n) is 5.18. The molecule has 0 atom stereocenters. The number of hydrogen-bond donors (Lipinski definition) is 2. The van der Waals surface area contributed by atoms with Crippen molar-refractivity contribution in [2.45, 2.75) is 13.1 Å². The van der Waals surface area contributed by atoms with Crippen LogP contribution in [0.1, 0.15) is 11.3 Å². The van der Waals surface area contributed by atoms with Gasteiger partial charge >= 0.3 is 0 Å². The maximum absolute atomic E-state index is 9.90. The van der Waals surface area contributed by atoms with E-state index in [4.69, 9.17) is 10.5 Å². The maximum Gasteiger partial charge on any atom is 0.162 e. The zero-order valence-corrected chi connectivity index (χ0v) is 9.50. The predicted molar refractivity (Wildman–Crippen MR) is 61.7 cm³/mol. The summed E-state index contributed by atoms with van der Waals surface area (Å²) < 4.78 is 6.66. The topological polar surface area (TPSA) is 86.2 Å². The second kappa shape index (κ2) is 4.84. The zero-order chi connectivity index (χ0) is 12.3. The van der Waals surface area contributed by atoms with Crippen LogP contribution in [-0.2, 0) is 13.1 Å². The number of rotatable bonds is 4. The summed E-state index contributed by atoms with van der Waals surface area (Å²) >= 11 is 0. The number of methoxy groups -OCH3 is 1. The molecule has 1 heterocycles. The SMILES string of the molecule is COc1cccc(Cn2cc(CN)nn2)c1O. The molecule has 6 heteroatoms. The third-order valence-corrected chi connectivity index (χ3v) is 2.43. The fraction of sp³-hybridized carbons (Fsp3) is 0.273. The van der Waals surface area contributed by atoms with Crippen LogP contribution in [0.15, 0.2) is 24.4 Å². The van der Waals surface area contributed by atoms with Crippen molar-refractivity contribution in [1.29, 1.82) is 0 Å². The van der Waals surface area contributed by atoms with Crippen LogP contribution in [0.3, 0.4) is 0 Å². The lowest BCUT2D eigenvalue weighted by Gasteiger charge is -2.08. The van der Waals surface area contributed by atoms with Gasteiger partial charge in [0.25, 0.3) is 0 Å². The molecule has 17 heavy (non-hydrogen) atoms. The van der Waals surface area contributed by atoms with Crippen molar-refractivity contribution in [1.82, 2.24) is 15.0 Å². The fourth-order valence-electron chi connectivity index (χ4n) is 1.54. The van der Waals surface area contributed by atoms with Crippen LogP contribution in [0, 0.1) is 0 Å². The number of phenols is 1. The molecule has 0 saturated heterocycles. The molecule has 2 rings (SSSR count). The predicted octanol–water partition coefficient (Wildman–Crippen LogP) is 0.499. The number of ether oxygens (including phenoxy) is 1. The van der Waals surface area contributed by atoms with Gasteiger partial charge in [-0.25, -0.2) is 4.68 Å². The lowest BCUT2D eigenvalue weighted by atomic mass is 10.2. The van der Waals surface area contributed by atoms with E-state index < -0.39 is 0 Å². The first-order chi connectivity index (χ1) is 8.24. The Morgan fingerprint density at radius 2 is 2.29 bits per heavy atom. The summed E-state index contributed by atoms with van der Waals surface area (Å²) in [5.74, 6) is 0.571. The average Bonchev–Trinajstić information content (AvgIpc) is 2.79. The number of aromatic nitrogens is 3. The highest BCUT2D eigenvalue weighted by atomic mass is 16.5. The first-order valence-corrected chi connectivity index (χ1v) is 5.18. The van der Waals surface area contributed by atoms with E-state index in [2.05, 4.69) is 10.3 Å². The van der Waals surface area contributed by atoms with Crippen molar-refractivity contribution in [2.75, 3.05) is 7.11 Å². The molecular formula is C11H14N4O2. The van der Waals surface area contributed by atoms with Crippen molar-refractivity contribution < 1.29 is 9.84 Å². The van der Waals surface area contributed by atoms with E-state index in [1.165, 1.54) is 7.11 Å². The summed E-state index contributed by atoms with van der Waals surface area (Å²) in [5, 5.41) is 17.7. The van der Waals surface area contributed by atoms with Crippen LogP contribution in [0.5, 0.6) is 11.5 Å². The van der Waals surface area contributed by atoms with Gasteiger partial charge < -0.3 is 15.6 Å². The highest BCUT2D eigenvalue weighted by Gasteiger charge is 2.08. The molecule has 0 saturated carbocycles. The molecular weight excluding hydrogens is 220 g/mol. The monoisotopic (exact) mass is 234 g/mol. The Morgan fingerprint density at radius 1 is 1.47 bits per heavy atom. The zero-order valence-electron chi connectivity index (χ0n) is 9.50. The van der Waals surface area contributed by atoms with Gasteiger partial charge in [-0.15, -0.1) is 5.10 Å². The molecule has 0 spiro atoms. The number of phenolic OH excluding ortho intramolecular Hbond substituents is 1. The number of hydrogen-bond acceptors (Lipinski definition) is 5. The van der Waals surface area contributed by atoms with Gasteiger partial charge in [-0.1, -0.05) is 17.3 Å². The molecule has 6 nitrogen and oxygen atoms in total. The van der Waals surface area contributed by atoms with Gasteiger partial charge in [0.05, 0.1) is 25.5 Å². The van der Waals surface area contributed by atoms with Crippen LogP contribution >= 0.6 is 0 Å². The molecule has 3 N–H and O–H groups in total. The average molecular weight is 234 g/mol. The Morgan fingerprint density at radius 3 is 2.94 bits per heavy atom.